The highest BCUT2D eigenvalue weighted by atomic mass is 35.5. The fourth-order valence-electron chi connectivity index (χ4n) is 2.00. The van der Waals surface area contributed by atoms with Crippen molar-refractivity contribution in [2.24, 2.45) is 5.92 Å². The van der Waals surface area contributed by atoms with Gasteiger partial charge in [-0.15, -0.1) is 12.4 Å². The van der Waals surface area contributed by atoms with Crippen LogP contribution in [0.3, 0.4) is 0 Å². The second-order valence-corrected chi connectivity index (χ2v) is 5.72. The van der Waals surface area contributed by atoms with Crippen molar-refractivity contribution in [2.45, 2.75) is 38.6 Å². The number of carbonyl (C=O) groups excluding carboxylic acids is 1. The molecular weight excluding hydrogens is 308 g/mol. The number of methoxy groups -OCH3 is 1. The predicted octanol–water partition coefficient (Wildman–Crippen LogP) is 1.42. The third-order valence-corrected chi connectivity index (χ3v) is 3.42. The molecular formula is C14H25ClN4O3. The van der Waals surface area contributed by atoms with Gasteiger partial charge in [0.2, 0.25) is 11.8 Å². The number of rotatable bonds is 9. The minimum absolute atomic E-state index is 0. The van der Waals surface area contributed by atoms with Gasteiger partial charge in [0.1, 0.15) is 6.04 Å². The summed E-state index contributed by atoms with van der Waals surface area (Å²) < 4.78 is 10.2. The number of halogens is 1. The van der Waals surface area contributed by atoms with E-state index in [0.717, 1.165) is 18.7 Å². The van der Waals surface area contributed by atoms with Gasteiger partial charge >= 0.3 is 0 Å². The van der Waals surface area contributed by atoms with Crippen LogP contribution in [0.1, 0.15) is 50.4 Å². The van der Waals surface area contributed by atoms with Gasteiger partial charge in [0.25, 0.3) is 0 Å². The van der Waals surface area contributed by atoms with E-state index in [4.69, 9.17) is 9.26 Å². The van der Waals surface area contributed by atoms with Gasteiger partial charge in [-0.05, 0) is 18.8 Å². The molecule has 126 valence electrons. The maximum atomic E-state index is 11.9. The second-order valence-electron chi connectivity index (χ2n) is 5.72. The fraction of sp³-hybridized carbons (Fsp3) is 0.786. The van der Waals surface area contributed by atoms with E-state index < -0.39 is 0 Å². The third kappa shape index (κ3) is 5.55. The van der Waals surface area contributed by atoms with Crippen molar-refractivity contribution in [1.29, 1.82) is 0 Å². The number of carbonyl (C=O) groups is 1. The van der Waals surface area contributed by atoms with Gasteiger partial charge in [0.15, 0.2) is 5.82 Å². The molecule has 0 radical (unpaired) electrons. The van der Waals surface area contributed by atoms with Crippen LogP contribution in [0.15, 0.2) is 4.52 Å². The molecule has 1 aromatic rings. The maximum Gasteiger partial charge on any atom is 0.249 e. The van der Waals surface area contributed by atoms with E-state index in [1.165, 1.54) is 0 Å². The van der Waals surface area contributed by atoms with E-state index >= 15 is 0 Å². The van der Waals surface area contributed by atoms with Crippen molar-refractivity contribution in [2.75, 3.05) is 26.8 Å². The number of hydrogen-bond donors (Lipinski definition) is 2. The molecule has 2 rings (SSSR count). The first-order valence-corrected chi connectivity index (χ1v) is 7.44. The van der Waals surface area contributed by atoms with Crippen LogP contribution in [0.25, 0.3) is 0 Å². The average Bonchev–Trinajstić information content (AvgIpc) is 3.19. The summed E-state index contributed by atoms with van der Waals surface area (Å²) in [6.45, 7) is 5.50. The van der Waals surface area contributed by atoms with Gasteiger partial charge in [0.05, 0.1) is 13.2 Å². The number of amides is 1. The zero-order chi connectivity index (χ0) is 15.2. The molecule has 0 saturated heterocycles. The summed E-state index contributed by atoms with van der Waals surface area (Å²) >= 11 is 0. The van der Waals surface area contributed by atoms with Crippen LogP contribution in [0, 0.1) is 5.92 Å². The molecule has 0 spiro atoms. The van der Waals surface area contributed by atoms with E-state index in [0.29, 0.717) is 25.0 Å². The SMILES string of the molecule is COCCNCC(=O)NC(c1nc(C2CC2)no1)C(C)C.Cl. The van der Waals surface area contributed by atoms with Crippen LogP contribution in [0.5, 0.6) is 0 Å². The first kappa shape index (κ1) is 18.9. The van der Waals surface area contributed by atoms with Gasteiger partial charge in [-0.2, -0.15) is 4.98 Å². The number of aromatic nitrogens is 2. The summed E-state index contributed by atoms with van der Waals surface area (Å²) in [4.78, 5) is 16.4. The molecule has 0 aliphatic heterocycles. The minimum atomic E-state index is -0.248. The van der Waals surface area contributed by atoms with E-state index in [9.17, 15) is 4.79 Å². The van der Waals surface area contributed by atoms with Crippen LogP contribution >= 0.6 is 12.4 Å². The minimum Gasteiger partial charge on any atom is -0.383 e. The Morgan fingerprint density at radius 1 is 1.45 bits per heavy atom. The standard InChI is InChI=1S/C14H24N4O3.ClH/c1-9(2)12(16-11(19)8-15-6-7-20-3)14-17-13(18-21-14)10-4-5-10;/h9-10,12,15H,4-8H2,1-3H3,(H,16,19);1H. The Labute approximate surface area is 137 Å². The molecule has 1 aliphatic carbocycles. The summed E-state index contributed by atoms with van der Waals surface area (Å²) in [5.41, 5.74) is 0. The monoisotopic (exact) mass is 332 g/mol. The Morgan fingerprint density at radius 3 is 2.77 bits per heavy atom. The Balaban J connectivity index is 0.00000242. The molecule has 1 saturated carbocycles. The van der Waals surface area contributed by atoms with Crippen LogP contribution in [0.2, 0.25) is 0 Å². The number of ether oxygens (including phenoxy) is 1. The third-order valence-electron chi connectivity index (χ3n) is 3.42. The second kappa shape index (κ2) is 9.07. The molecule has 8 heteroatoms. The lowest BCUT2D eigenvalue weighted by Gasteiger charge is -2.18. The topological polar surface area (TPSA) is 89.3 Å². The molecule has 1 atom stereocenters. The first-order valence-electron chi connectivity index (χ1n) is 7.44. The summed E-state index contributed by atoms with van der Waals surface area (Å²) in [5.74, 6) is 1.80. The van der Waals surface area contributed by atoms with Gasteiger partial charge in [-0.1, -0.05) is 19.0 Å². The van der Waals surface area contributed by atoms with Gasteiger partial charge in [-0.3, -0.25) is 4.79 Å². The molecule has 22 heavy (non-hydrogen) atoms. The normalized spacial score (nSPS) is 15.5. The zero-order valence-corrected chi connectivity index (χ0v) is 14.1. The molecule has 1 heterocycles. The Bertz CT molecular complexity index is 463. The largest absolute Gasteiger partial charge is 0.383 e. The van der Waals surface area contributed by atoms with Crippen molar-refractivity contribution in [3.8, 4) is 0 Å². The van der Waals surface area contributed by atoms with Crippen molar-refractivity contribution < 1.29 is 14.1 Å². The molecule has 1 fully saturated rings. The maximum absolute atomic E-state index is 11.9. The highest BCUT2D eigenvalue weighted by Crippen LogP contribution is 2.38. The summed E-state index contributed by atoms with van der Waals surface area (Å²) in [6.07, 6.45) is 2.25. The van der Waals surface area contributed by atoms with Crippen molar-refractivity contribution in [3.05, 3.63) is 11.7 Å². The lowest BCUT2D eigenvalue weighted by atomic mass is 10.0. The van der Waals surface area contributed by atoms with Gasteiger partial charge in [-0.25, -0.2) is 0 Å². The molecule has 1 amide bonds. The predicted molar refractivity (Wildman–Crippen MR) is 84.0 cm³/mol. The van der Waals surface area contributed by atoms with Crippen molar-refractivity contribution >= 4 is 18.3 Å². The van der Waals surface area contributed by atoms with E-state index in [-0.39, 0.29) is 36.8 Å². The fourth-order valence-corrected chi connectivity index (χ4v) is 2.00. The number of hydrogen-bond acceptors (Lipinski definition) is 6. The molecule has 7 nitrogen and oxygen atoms in total. The average molecular weight is 333 g/mol. The summed E-state index contributed by atoms with van der Waals surface area (Å²) in [7, 11) is 1.63. The molecule has 2 N–H and O–H groups in total. The Hall–Kier alpha value is -1.18. The van der Waals surface area contributed by atoms with E-state index in [1.807, 2.05) is 13.8 Å². The Kier molecular flexibility index (Phi) is 7.78. The van der Waals surface area contributed by atoms with Crippen molar-refractivity contribution in [1.82, 2.24) is 20.8 Å². The smallest absolute Gasteiger partial charge is 0.249 e. The lowest BCUT2D eigenvalue weighted by Crippen LogP contribution is -2.39. The van der Waals surface area contributed by atoms with Crippen LogP contribution in [-0.2, 0) is 9.53 Å². The first-order chi connectivity index (χ1) is 10.1. The highest BCUT2D eigenvalue weighted by Gasteiger charge is 2.31. The van der Waals surface area contributed by atoms with Crippen LogP contribution in [-0.4, -0.2) is 42.9 Å². The van der Waals surface area contributed by atoms with Crippen molar-refractivity contribution in [3.63, 3.8) is 0 Å². The summed E-state index contributed by atoms with van der Waals surface area (Å²) in [6, 6.07) is -0.248. The highest BCUT2D eigenvalue weighted by molar-refractivity contribution is 5.85. The zero-order valence-electron chi connectivity index (χ0n) is 13.3. The molecule has 1 unspecified atom stereocenters. The van der Waals surface area contributed by atoms with E-state index in [2.05, 4.69) is 20.8 Å². The molecule has 0 aromatic carbocycles. The molecule has 1 aromatic heterocycles. The molecule has 0 bridgehead atoms. The quantitative estimate of drug-likeness (QED) is 0.665. The number of nitrogens with zero attached hydrogens (tertiary/aromatic N) is 2. The lowest BCUT2D eigenvalue weighted by molar-refractivity contribution is -0.121. The van der Waals surface area contributed by atoms with Crippen LogP contribution < -0.4 is 10.6 Å². The van der Waals surface area contributed by atoms with E-state index in [1.54, 1.807) is 7.11 Å². The van der Waals surface area contributed by atoms with Crippen LogP contribution in [0.4, 0.5) is 0 Å². The van der Waals surface area contributed by atoms with Gasteiger partial charge < -0.3 is 19.9 Å². The summed E-state index contributed by atoms with van der Waals surface area (Å²) in [5, 5.41) is 9.96. The Morgan fingerprint density at radius 2 is 2.18 bits per heavy atom. The number of nitrogens with one attached hydrogen (secondary N) is 2. The van der Waals surface area contributed by atoms with Gasteiger partial charge in [0, 0.05) is 19.6 Å². The molecule has 1 aliphatic rings.